The molecule has 0 N–H and O–H groups in total. The summed E-state index contributed by atoms with van der Waals surface area (Å²) >= 11 is 0. The molecule has 0 unspecified atom stereocenters. The summed E-state index contributed by atoms with van der Waals surface area (Å²) in [4.78, 5) is 0. The lowest BCUT2D eigenvalue weighted by atomic mass is 9.98. The molecule has 0 amide bonds. The molecule has 2 aromatic heterocycles. The highest BCUT2D eigenvalue weighted by Crippen LogP contribution is 2.40. The van der Waals surface area contributed by atoms with Crippen LogP contribution in [0.2, 0.25) is 0 Å². The summed E-state index contributed by atoms with van der Waals surface area (Å²) in [6.07, 6.45) is 4.56. The van der Waals surface area contributed by atoms with Gasteiger partial charge in [-0.15, -0.1) is 0 Å². The number of hydrogen-bond acceptors (Lipinski definition) is 4. The van der Waals surface area contributed by atoms with Crippen LogP contribution in [0.5, 0.6) is 0 Å². The standard InChI is InChI=1S/C28H22N4O/c1-4-11-21(12-5-1)28-24(20-31(30-28)22-13-6-2-7-14-22)26-19-25(27-17-10-18-33-27)29-32(26)23-15-8-3-9-16-23/h1-18,20,26H,19H2/t26-/m1/s1. The molecule has 160 valence electrons. The fraction of sp³-hybridized carbons (Fsp3) is 0.0714. The number of furan rings is 1. The van der Waals surface area contributed by atoms with E-state index in [2.05, 4.69) is 59.7 Å². The Morgan fingerprint density at radius 2 is 1.39 bits per heavy atom. The molecular formula is C28H22N4O. The molecule has 0 saturated heterocycles. The number of para-hydroxylation sites is 2. The zero-order valence-electron chi connectivity index (χ0n) is 18.0. The highest BCUT2D eigenvalue weighted by molar-refractivity contribution is 6.01. The molecule has 3 aromatic carbocycles. The van der Waals surface area contributed by atoms with Gasteiger partial charge >= 0.3 is 0 Å². The highest BCUT2D eigenvalue weighted by atomic mass is 16.3. The van der Waals surface area contributed by atoms with Crippen LogP contribution in [0.1, 0.15) is 23.8 Å². The van der Waals surface area contributed by atoms with E-state index in [4.69, 9.17) is 14.6 Å². The van der Waals surface area contributed by atoms with Gasteiger partial charge in [-0.1, -0.05) is 66.7 Å². The maximum atomic E-state index is 5.70. The van der Waals surface area contributed by atoms with Crippen molar-refractivity contribution >= 4 is 11.4 Å². The third-order valence-corrected chi connectivity index (χ3v) is 5.91. The molecule has 1 aliphatic heterocycles. The summed E-state index contributed by atoms with van der Waals surface area (Å²) < 4.78 is 7.66. The fourth-order valence-electron chi connectivity index (χ4n) is 4.33. The van der Waals surface area contributed by atoms with Gasteiger partial charge in [0.25, 0.3) is 0 Å². The van der Waals surface area contributed by atoms with E-state index in [0.717, 1.165) is 46.1 Å². The van der Waals surface area contributed by atoms with E-state index >= 15 is 0 Å². The minimum Gasteiger partial charge on any atom is -0.463 e. The summed E-state index contributed by atoms with van der Waals surface area (Å²) in [7, 11) is 0. The van der Waals surface area contributed by atoms with E-state index in [1.807, 2.05) is 59.3 Å². The molecule has 0 bridgehead atoms. The average molecular weight is 431 g/mol. The zero-order valence-corrected chi connectivity index (χ0v) is 18.0. The molecule has 5 heteroatoms. The van der Waals surface area contributed by atoms with Crippen LogP contribution in [0.25, 0.3) is 16.9 Å². The molecule has 33 heavy (non-hydrogen) atoms. The lowest BCUT2D eigenvalue weighted by molar-refractivity contribution is 0.556. The third-order valence-electron chi connectivity index (χ3n) is 5.91. The molecule has 5 nitrogen and oxygen atoms in total. The summed E-state index contributed by atoms with van der Waals surface area (Å²) in [5, 5.41) is 12.1. The SMILES string of the molecule is c1ccc(-c2nn(-c3ccccc3)cc2[C@H]2CC(c3ccco3)=NN2c2ccccc2)cc1. The van der Waals surface area contributed by atoms with E-state index in [9.17, 15) is 0 Å². The van der Waals surface area contributed by atoms with Gasteiger partial charge in [0.15, 0.2) is 0 Å². The van der Waals surface area contributed by atoms with Crippen LogP contribution >= 0.6 is 0 Å². The number of anilines is 1. The highest BCUT2D eigenvalue weighted by Gasteiger charge is 2.34. The van der Waals surface area contributed by atoms with Crippen molar-refractivity contribution in [2.24, 2.45) is 5.10 Å². The molecular weight excluding hydrogens is 408 g/mol. The lowest BCUT2D eigenvalue weighted by Gasteiger charge is -2.23. The topological polar surface area (TPSA) is 46.6 Å². The molecule has 5 aromatic rings. The second kappa shape index (κ2) is 8.28. The molecule has 1 atom stereocenters. The minimum atomic E-state index is -0.0137. The van der Waals surface area contributed by atoms with Gasteiger partial charge < -0.3 is 4.42 Å². The molecule has 0 aliphatic carbocycles. The van der Waals surface area contributed by atoms with Crippen LogP contribution in [0.15, 0.2) is 125 Å². The Hall–Kier alpha value is -4.38. The first-order chi connectivity index (χ1) is 16.4. The maximum absolute atomic E-state index is 5.70. The fourth-order valence-corrected chi connectivity index (χ4v) is 4.33. The Bertz CT molecular complexity index is 1370. The lowest BCUT2D eigenvalue weighted by Crippen LogP contribution is -2.18. The van der Waals surface area contributed by atoms with Crippen LogP contribution in [0.3, 0.4) is 0 Å². The Labute approximate surface area is 192 Å². The summed E-state index contributed by atoms with van der Waals surface area (Å²) in [6.45, 7) is 0. The van der Waals surface area contributed by atoms with Gasteiger partial charge in [-0.25, -0.2) is 4.68 Å². The largest absolute Gasteiger partial charge is 0.463 e. The number of hydrogen-bond donors (Lipinski definition) is 0. The van der Waals surface area contributed by atoms with Crippen molar-refractivity contribution in [3.05, 3.63) is 127 Å². The van der Waals surface area contributed by atoms with Crippen LogP contribution in [0.4, 0.5) is 5.69 Å². The van der Waals surface area contributed by atoms with Crippen molar-refractivity contribution < 1.29 is 4.42 Å². The van der Waals surface area contributed by atoms with Gasteiger partial charge in [-0.05, 0) is 36.4 Å². The van der Waals surface area contributed by atoms with Crippen molar-refractivity contribution in [3.63, 3.8) is 0 Å². The van der Waals surface area contributed by atoms with Gasteiger partial charge in [0.2, 0.25) is 0 Å². The van der Waals surface area contributed by atoms with Crippen molar-refractivity contribution in [1.29, 1.82) is 0 Å². The van der Waals surface area contributed by atoms with Crippen LogP contribution < -0.4 is 5.01 Å². The van der Waals surface area contributed by atoms with Crippen molar-refractivity contribution in [2.75, 3.05) is 5.01 Å². The number of benzene rings is 3. The summed E-state index contributed by atoms with van der Waals surface area (Å²) in [6, 6.07) is 34.7. The van der Waals surface area contributed by atoms with Crippen LogP contribution in [0, 0.1) is 0 Å². The van der Waals surface area contributed by atoms with E-state index in [1.54, 1.807) is 6.26 Å². The molecule has 0 radical (unpaired) electrons. The van der Waals surface area contributed by atoms with Crippen molar-refractivity contribution in [2.45, 2.75) is 12.5 Å². The van der Waals surface area contributed by atoms with E-state index in [0.29, 0.717) is 0 Å². The predicted molar refractivity (Wildman–Crippen MR) is 131 cm³/mol. The van der Waals surface area contributed by atoms with E-state index in [1.165, 1.54) is 0 Å². The Morgan fingerprint density at radius 1 is 0.727 bits per heavy atom. The maximum Gasteiger partial charge on any atom is 0.149 e. The Kier molecular flexibility index (Phi) is 4.85. The number of hydrazone groups is 1. The van der Waals surface area contributed by atoms with E-state index < -0.39 is 0 Å². The monoisotopic (exact) mass is 430 g/mol. The quantitative estimate of drug-likeness (QED) is 0.320. The molecule has 3 heterocycles. The normalized spacial score (nSPS) is 15.6. The number of nitrogens with zero attached hydrogens (tertiary/aromatic N) is 4. The first-order valence-electron chi connectivity index (χ1n) is 11.0. The van der Waals surface area contributed by atoms with Crippen LogP contribution in [-0.4, -0.2) is 15.5 Å². The van der Waals surface area contributed by atoms with Gasteiger partial charge in [0.1, 0.15) is 11.5 Å². The van der Waals surface area contributed by atoms with Gasteiger partial charge in [-0.2, -0.15) is 10.2 Å². The van der Waals surface area contributed by atoms with E-state index in [-0.39, 0.29) is 6.04 Å². The molecule has 0 spiro atoms. The summed E-state index contributed by atoms with van der Waals surface area (Å²) in [5.74, 6) is 0.801. The second-order valence-corrected chi connectivity index (χ2v) is 8.00. The smallest absolute Gasteiger partial charge is 0.149 e. The second-order valence-electron chi connectivity index (χ2n) is 8.00. The minimum absolute atomic E-state index is 0.0137. The summed E-state index contributed by atoms with van der Waals surface area (Å²) in [5.41, 5.74) is 6.16. The predicted octanol–water partition coefficient (Wildman–Crippen LogP) is 6.49. The van der Waals surface area contributed by atoms with Crippen molar-refractivity contribution in [1.82, 2.24) is 9.78 Å². The van der Waals surface area contributed by atoms with Gasteiger partial charge in [-0.3, -0.25) is 5.01 Å². The third kappa shape index (κ3) is 3.64. The van der Waals surface area contributed by atoms with Gasteiger partial charge in [0, 0.05) is 23.7 Å². The first kappa shape index (κ1) is 19.3. The Balaban J connectivity index is 1.50. The molecule has 0 saturated carbocycles. The molecule has 0 fully saturated rings. The number of aromatic nitrogens is 2. The van der Waals surface area contributed by atoms with Gasteiger partial charge in [0.05, 0.1) is 29.4 Å². The Morgan fingerprint density at radius 3 is 2.06 bits per heavy atom. The van der Waals surface area contributed by atoms with Crippen LogP contribution in [-0.2, 0) is 0 Å². The molecule has 6 rings (SSSR count). The zero-order chi connectivity index (χ0) is 22.0. The molecule has 1 aliphatic rings. The first-order valence-corrected chi connectivity index (χ1v) is 11.0. The average Bonchev–Trinajstić information content (AvgIpc) is 3.65. The van der Waals surface area contributed by atoms with Crippen molar-refractivity contribution in [3.8, 4) is 16.9 Å². The number of rotatable bonds is 5.